The Morgan fingerprint density at radius 1 is 1.45 bits per heavy atom. The van der Waals surface area contributed by atoms with Crippen molar-refractivity contribution in [3.8, 4) is 0 Å². The fourth-order valence-corrected chi connectivity index (χ4v) is 1.08. The molecule has 0 spiro atoms. The molecule has 0 amide bonds. The quantitative estimate of drug-likeness (QED) is 0.376. The minimum Gasteiger partial charge on any atom is -0.359 e. The van der Waals surface area contributed by atoms with Gasteiger partial charge in [0.15, 0.2) is 0 Å². The van der Waals surface area contributed by atoms with Gasteiger partial charge in [-0.05, 0) is 19.3 Å². The summed E-state index contributed by atoms with van der Waals surface area (Å²) in [5.41, 5.74) is 0. The van der Waals surface area contributed by atoms with Gasteiger partial charge in [-0.3, -0.25) is 0 Å². The van der Waals surface area contributed by atoms with E-state index in [4.69, 9.17) is 9.47 Å². The van der Waals surface area contributed by atoms with Crippen LogP contribution in [0.4, 0.5) is 0 Å². The van der Waals surface area contributed by atoms with E-state index in [2.05, 4.69) is 22.9 Å². The van der Waals surface area contributed by atoms with Crippen LogP contribution in [-0.4, -0.2) is 25.3 Å². The minimum absolute atomic E-state index is 0.416. The summed E-state index contributed by atoms with van der Waals surface area (Å²) in [7, 11) is 1.64. The van der Waals surface area contributed by atoms with Gasteiger partial charge in [-0.25, -0.2) is 0 Å². The molecule has 68 valence electrons. The van der Waals surface area contributed by atoms with Gasteiger partial charge >= 0.3 is 0 Å². The lowest BCUT2D eigenvalue weighted by Crippen LogP contribution is -2.02. The molecule has 0 aliphatic heterocycles. The lowest BCUT2D eigenvalue weighted by Gasteiger charge is -2.06. The van der Waals surface area contributed by atoms with E-state index in [1.807, 2.05) is 0 Å². The summed E-state index contributed by atoms with van der Waals surface area (Å²) in [6, 6.07) is 0. The fourth-order valence-electron chi connectivity index (χ4n) is 0.753. The van der Waals surface area contributed by atoms with Crippen molar-refractivity contribution < 1.29 is 9.47 Å². The van der Waals surface area contributed by atoms with Crippen molar-refractivity contribution >= 4 is 15.9 Å². The largest absolute Gasteiger partial charge is 0.359 e. The Hall–Kier alpha value is 0.400. The van der Waals surface area contributed by atoms with Crippen molar-refractivity contribution in [2.75, 3.05) is 20.5 Å². The Labute approximate surface area is 77.4 Å². The highest BCUT2D eigenvalue weighted by Crippen LogP contribution is 2.11. The number of rotatable bonds is 7. The SMILES string of the molecule is CCC(Br)CCCOCOC. The van der Waals surface area contributed by atoms with E-state index in [9.17, 15) is 0 Å². The minimum atomic E-state index is 0.416. The Morgan fingerprint density at radius 2 is 2.18 bits per heavy atom. The van der Waals surface area contributed by atoms with E-state index < -0.39 is 0 Å². The molecular weight excluding hydrogens is 208 g/mol. The van der Waals surface area contributed by atoms with Gasteiger partial charge in [0, 0.05) is 18.5 Å². The van der Waals surface area contributed by atoms with E-state index >= 15 is 0 Å². The molecule has 0 rings (SSSR count). The number of hydrogen-bond donors (Lipinski definition) is 0. The molecule has 1 atom stereocenters. The van der Waals surface area contributed by atoms with Crippen LogP contribution in [0.5, 0.6) is 0 Å². The van der Waals surface area contributed by atoms with E-state index in [0.29, 0.717) is 11.6 Å². The summed E-state index contributed by atoms with van der Waals surface area (Å²) >= 11 is 3.56. The average Bonchev–Trinajstić information content (AvgIpc) is 2.04. The first-order chi connectivity index (χ1) is 5.31. The summed E-state index contributed by atoms with van der Waals surface area (Å²) in [6.45, 7) is 3.39. The zero-order valence-electron chi connectivity index (χ0n) is 7.31. The number of methoxy groups -OCH3 is 1. The summed E-state index contributed by atoms with van der Waals surface area (Å²) in [6.07, 6.45) is 3.47. The highest BCUT2D eigenvalue weighted by atomic mass is 79.9. The molecule has 0 aromatic rings. The Morgan fingerprint density at radius 3 is 2.73 bits per heavy atom. The molecule has 0 aliphatic rings. The van der Waals surface area contributed by atoms with Crippen molar-refractivity contribution in [2.45, 2.75) is 31.0 Å². The average molecular weight is 225 g/mol. The van der Waals surface area contributed by atoms with E-state index in [0.717, 1.165) is 13.0 Å². The smallest absolute Gasteiger partial charge is 0.146 e. The maximum Gasteiger partial charge on any atom is 0.146 e. The van der Waals surface area contributed by atoms with Gasteiger partial charge in [0.2, 0.25) is 0 Å². The van der Waals surface area contributed by atoms with Crippen LogP contribution in [0.2, 0.25) is 0 Å². The molecule has 0 aromatic heterocycles. The molecule has 0 aliphatic carbocycles. The molecule has 11 heavy (non-hydrogen) atoms. The molecule has 0 radical (unpaired) electrons. The zero-order valence-corrected chi connectivity index (χ0v) is 8.89. The molecule has 0 heterocycles. The normalized spacial score (nSPS) is 13.4. The third-order valence-electron chi connectivity index (χ3n) is 1.45. The summed E-state index contributed by atoms with van der Waals surface area (Å²) in [5.74, 6) is 0. The monoisotopic (exact) mass is 224 g/mol. The lowest BCUT2D eigenvalue weighted by atomic mass is 10.2. The second-order valence-electron chi connectivity index (χ2n) is 2.46. The van der Waals surface area contributed by atoms with Gasteiger partial charge in [-0.1, -0.05) is 22.9 Å². The molecular formula is C8H17BrO2. The van der Waals surface area contributed by atoms with Crippen molar-refractivity contribution in [3.05, 3.63) is 0 Å². The third-order valence-corrected chi connectivity index (χ3v) is 2.56. The van der Waals surface area contributed by atoms with Crippen molar-refractivity contribution in [3.63, 3.8) is 0 Å². The Balaban J connectivity index is 2.89. The van der Waals surface area contributed by atoms with Gasteiger partial charge in [0.05, 0.1) is 0 Å². The number of halogens is 1. The predicted molar refractivity (Wildman–Crippen MR) is 50.1 cm³/mol. The van der Waals surface area contributed by atoms with Gasteiger partial charge in [0.1, 0.15) is 6.79 Å². The van der Waals surface area contributed by atoms with Gasteiger partial charge in [-0.2, -0.15) is 0 Å². The third kappa shape index (κ3) is 8.30. The van der Waals surface area contributed by atoms with Crippen LogP contribution in [0.25, 0.3) is 0 Å². The first-order valence-corrected chi connectivity index (χ1v) is 4.93. The van der Waals surface area contributed by atoms with Gasteiger partial charge in [0.25, 0.3) is 0 Å². The fraction of sp³-hybridized carbons (Fsp3) is 1.00. The van der Waals surface area contributed by atoms with Crippen LogP contribution >= 0.6 is 15.9 Å². The first kappa shape index (κ1) is 11.4. The second-order valence-corrected chi connectivity index (χ2v) is 3.76. The van der Waals surface area contributed by atoms with Crippen molar-refractivity contribution in [1.29, 1.82) is 0 Å². The molecule has 0 aromatic carbocycles. The number of hydrogen-bond acceptors (Lipinski definition) is 2. The highest BCUT2D eigenvalue weighted by molar-refractivity contribution is 9.09. The van der Waals surface area contributed by atoms with Crippen LogP contribution < -0.4 is 0 Å². The Kier molecular flexibility index (Phi) is 8.81. The molecule has 0 bridgehead atoms. The van der Waals surface area contributed by atoms with Crippen LogP contribution in [0.15, 0.2) is 0 Å². The van der Waals surface area contributed by atoms with Gasteiger partial charge in [-0.15, -0.1) is 0 Å². The predicted octanol–water partition coefficient (Wildman–Crippen LogP) is 2.56. The molecule has 0 fully saturated rings. The zero-order chi connectivity index (χ0) is 8.53. The highest BCUT2D eigenvalue weighted by Gasteiger charge is 1.98. The number of alkyl halides is 1. The maximum atomic E-state index is 5.13. The Bertz CT molecular complexity index is 78.5. The standard InChI is InChI=1S/C8H17BrO2/c1-3-8(9)5-4-6-11-7-10-2/h8H,3-7H2,1-2H3. The molecule has 2 nitrogen and oxygen atoms in total. The second kappa shape index (κ2) is 8.50. The summed E-state index contributed by atoms with van der Waals surface area (Å²) in [4.78, 5) is 0.647. The molecule has 3 heteroatoms. The first-order valence-electron chi connectivity index (χ1n) is 4.02. The lowest BCUT2D eigenvalue weighted by molar-refractivity contribution is -0.0314. The maximum absolute atomic E-state index is 5.13. The van der Waals surface area contributed by atoms with E-state index in [1.165, 1.54) is 12.8 Å². The van der Waals surface area contributed by atoms with E-state index in [1.54, 1.807) is 7.11 Å². The van der Waals surface area contributed by atoms with Crippen LogP contribution in [0, 0.1) is 0 Å². The topological polar surface area (TPSA) is 18.5 Å². The van der Waals surface area contributed by atoms with Crippen LogP contribution in [0.3, 0.4) is 0 Å². The molecule has 0 saturated heterocycles. The summed E-state index contributed by atoms with van der Waals surface area (Å²) < 4.78 is 9.88. The summed E-state index contributed by atoms with van der Waals surface area (Å²) in [5, 5.41) is 0. The molecule has 0 saturated carbocycles. The van der Waals surface area contributed by atoms with Crippen molar-refractivity contribution in [2.24, 2.45) is 0 Å². The van der Waals surface area contributed by atoms with Crippen LogP contribution in [-0.2, 0) is 9.47 Å². The molecule has 1 unspecified atom stereocenters. The molecule has 0 N–H and O–H groups in total. The van der Waals surface area contributed by atoms with Crippen molar-refractivity contribution in [1.82, 2.24) is 0 Å². The van der Waals surface area contributed by atoms with Crippen LogP contribution in [0.1, 0.15) is 26.2 Å². The van der Waals surface area contributed by atoms with Gasteiger partial charge < -0.3 is 9.47 Å². The van der Waals surface area contributed by atoms with E-state index in [-0.39, 0.29) is 0 Å². The number of ether oxygens (including phenoxy) is 2.